The first-order valence-corrected chi connectivity index (χ1v) is 8.32. The molecule has 0 spiro atoms. The lowest BCUT2D eigenvalue weighted by molar-refractivity contribution is 0.130. The molecule has 0 saturated heterocycles. The van der Waals surface area contributed by atoms with E-state index in [2.05, 4.69) is 84.0 Å². The summed E-state index contributed by atoms with van der Waals surface area (Å²) >= 11 is 0. The molecule has 0 aromatic heterocycles. The lowest BCUT2D eigenvalue weighted by Crippen LogP contribution is -2.23. The lowest BCUT2D eigenvalue weighted by Gasteiger charge is -2.22. The van der Waals surface area contributed by atoms with Crippen LogP contribution in [-0.2, 0) is 0 Å². The Labute approximate surface area is 146 Å². The fourth-order valence-electron chi connectivity index (χ4n) is 2.75. The molecule has 2 rings (SSSR count). The highest BCUT2D eigenvalue weighted by atomic mass is 16.5. The van der Waals surface area contributed by atoms with Gasteiger partial charge in [-0.3, -0.25) is 0 Å². The van der Waals surface area contributed by atoms with E-state index in [1.54, 1.807) is 7.11 Å². The van der Waals surface area contributed by atoms with E-state index in [1.165, 1.54) is 5.56 Å². The maximum absolute atomic E-state index is 6.04. The van der Waals surface area contributed by atoms with Crippen molar-refractivity contribution in [2.45, 2.75) is 47.1 Å². The van der Waals surface area contributed by atoms with Gasteiger partial charge in [0.15, 0.2) is 0 Å². The van der Waals surface area contributed by atoms with E-state index < -0.39 is 0 Å². The van der Waals surface area contributed by atoms with Crippen LogP contribution in [0.5, 0.6) is 11.5 Å². The molecule has 2 aromatic rings. The highest BCUT2D eigenvalue weighted by Crippen LogP contribution is 2.27. The molecule has 2 aromatic carbocycles. The van der Waals surface area contributed by atoms with Crippen LogP contribution in [0.1, 0.15) is 48.6 Å². The Hall–Kier alpha value is -2.22. The van der Waals surface area contributed by atoms with Gasteiger partial charge in [-0.15, -0.1) is 0 Å². The SMILES string of the molecule is COc1c(C)cc(/C=C\c2ccc(C)c(OC(C)(C)C)c2)cc1C. The monoisotopic (exact) mass is 324 g/mol. The van der Waals surface area contributed by atoms with Gasteiger partial charge < -0.3 is 9.47 Å². The molecule has 2 heteroatoms. The van der Waals surface area contributed by atoms with Crippen LogP contribution < -0.4 is 9.47 Å². The summed E-state index contributed by atoms with van der Waals surface area (Å²) in [7, 11) is 1.72. The summed E-state index contributed by atoms with van der Waals surface area (Å²) in [6.07, 6.45) is 4.25. The van der Waals surface area contributed by atoms with Gasteiger partial charge in [-0.1, -0.05) is 24.3 Å². The molecular formula is C22H28O2. The quantitative estimate of drug-likeness (QED) is 0.645. The standard InChI is InChI=1S/C22H28O2/c1-15-8-9-18(14-20(15)24-22(4,5)6)10-11-19-12-16(2)21(23-7)17(3)13-19/h8-14H,1-7H3/b11-10-. The molecule has 0 bridgehead atoms. The number of aryl methyl sites for hydroxylation is 3. The molecule has 2 nitrogen and oxygen atoms in total. The van der Waals surface area contributed by atoms with Gasteiger partial charge >= 0.3 is 0 Å². The van der Waals surface area contributed by atoms with Crippen LogP contribution in [0.4, 0.5) is 0 Å². The van der Waals surface area contributed by atoms with E-state index in [4.69, 9.17) is 9.47 Å². The van der Waals surface area contributed by atoms with Crippen molar-refractivity contribution < 1.29 is 9.47 Å². The second kappa shape index (κ2) is 7.12. The van der Waals surface area contributed by atoms with Crippen molar-refractivity contribution in [3.05, 3.63) is 58.1 Å². The minimum Gasteiger partial charge on any atom is -0.496 e. The Morgan fingerprint density at radius 2 is 1.38 bits per heavy atom. The number of hydrogen-bond donors (Lipinski definition) is 0. The largest absolute Gasteiger partial charge is 0.496 e. The first-order valence-electron chi connectivity index (χ1n) is 8.32. The highest BCUT2D eigenvalue weighted by molar-refractivity contribution is 5.71. The second-order valence-corrected chi connectivity index (χ2v) is 7.26. The Bertz CT molecular complexity index is 726. The van der Waals surface area contributed by atoms with Gasteiger partial charge in [-0.25, -0.2) is 0 Å². The zero-order valence-corrected chi connectivity index (χ0v) is 15.9. The van der Waals surface area contributed by atoms with Crippen molar-refractivity contribution >= 4 is 12.2 Å². The molecule has 0 unspecified atom stereocenters. The van der Waals surface area contributed by atoms with Gasteiger partial charge in [-0.2, -0.15) is 0 Å². The van der Waals surface area contributed by atoms with Crippen LogP contribution in [0.15, 0.2) is 30.3 Å². The normalized spacial score (nSPS) is 11.8. The topological polar surface area (TPSA) is 18.5 Å². The van der Waals surface area contributed by atoms with Crippen LogP contribution in [0.3, 0.4) is 0 Å². The van der Waals surface area contributed by atoms with E-state index in [0.717, 1.165) is 33.8 Å². The Kier molecular flexibility index (Phi) is 5.38. The predicted octanol–water partition coefficient (Wildman–Crippen LogP) is 5.97. The first kappa shape index (κ1) is 18.1. The molecule has 0 aliphatic heterocycles. The van der Waals surface area contributed by atoms with Crippen molar-refractivity contribution in [2.24, 2.45) is 0 Å². The van der Waals surface area contributed by atoms with Gasteiger partial charge in [0, 0.05) is 0 Å². The summed E-state index contributed by atoms with van der Waals surface area (Å²) in [6, 6.07) is 10.6. The number of benzene rings is 2. The van der Waals surface area contributed by atoms with Crippen LogP contribution in [0.25, 0.3) is 12.2 Å². The Morgan fingerprint density at radius 3 is 1.92 bits per heavy atom. The average molecular weight is 324 g/mol. The fourth-order valence-corrected chi connectivity index (χ4v) is 2.75. The first-order chi connectivity index (χ1) is 11.2. The number of ether oxygens (including phenoxy) is 2. The third-order valence-electron chi connectivity index (χ3n) is 3.78. The summed E-state index contributed by atoms with van der Waals surface area (Å²) in [5.41, 5.74) is 5.56. The summed E-state index contributed by atoms with van der Waals surface area (Å²) < 4.78 is 11.5. The molecule has 0 N–H and O–H groups in total. The minimum atomic E-state index is -0.197. The van der Waals surface area contributed by atoms with Crippen molar-refractivity contribution in [3.63, 3.8) is 0 Å². The minimum absolute atomic E-state index is 0.197. The Morgan fingerprint density at radius 1 is 0.792 bits per heavy atom. The molecule has 24 heavy (non-hydrogen) atoms. The highest BCUT2D eigenvalue weighted by Gasteiger charge is 2.13. The lowest BCUT2D eigenvalue weighted by atomic mass is 10.0. The van der Waals surface area contributed by atoms with E-state index in [0.29, 0.717) is 0 Å². The zero-order valence-electron chi connectivity index (χ0n) is 15.9. The summed E-state index contributed by atoms with van der Waals surface area (Å²) in [5.74, 6) is 1.90. The number of methoxy groups -OCH3 is 1. The maximum atomic E-state index is 6.04. The summed E-state index contributed by atoms with van der Waals surface area (Å²) in [4.78, 5) is 0. The van der Waals surface area contributed by atoms with E-state index in [9.17, 15) is 0 Å². The molecule has 0 aliphatic rings. The molecule has 0 radical (unpaired) electrons. The van der Waals surface area contributed by atoms with Crippen molar-refractivity contribution in [1.82, 2.24) is 0 Å². The van der Waals surface area contributed by atoms with Gasteiger partial charge in [0.1, 0.15) is 17.1 Å². The molecular weight excluding hydrogens is 296 g/mol. The van der Waals surface area contributed by atoms with Crippen molar-refractivity contribution in [2.75, 3.05) is 7.11 Å². The van der Waals surface area contributed by atoms with Crippen molar-refractivity contribution in [3.8, 4) is 11.5 Å². The van der Waals surface area contributed by atoms with E-state index >= 15 is 0 Å². The molecule has 0 fully saturated rings. The molecule has 0 heterocycles. The fraction of sp³-hybridized carbons (Fsp3) is 0.364. The molecule has 0 amide bonds. The van der Waals surface area contributed by atoms with E-state index in [-0.39, 0.29) is 5.60 Å². The third kappa shape index (κ3) is 4.64. The van der Waals surface area contributed by atoms with Crippen LogP contribution >= 0.6 is 0 Å². The van der Waals surface area contributed by atoms with E-state index in [1.807, 2.05) is 0 Å². The molecule has 128 valence electrons. The summed E-state index contributed by atoms with van der Waals surface area (Å²) in [6.45, 7) is 12.4. The summed E-state index contributed by atoms with van der Waals surface area (Å²) in [5, 5.41) is 0. The van der Waals surface area contributed by atoms with Gasteiger partial charge in [0.05, 0.1) is 7.11 Å². The van der Waals surface area contributed by atoms with Crippen LogP contribution in [-0.4, -0.2) is 12.7 Å². The van der Waals surface area contributed by atoms with Crippen LogP contribution in [0, 0.1) is 20.8 Å². The second-order valence-electron chi connectivity index (χ2n) is 7.26. The van der Waals surface area contributed by atoms with Crippen LogP contribution in [0.2, 0.25) is 0 Å². The van der Waals surface area contributed by atoms with Gasteiger partial charge in [-0.05, 0) is 87.6 Å². The Balaban J connectivity index is 2.28. The maximum Gasteiger partial charge on any atom is 0.124 e. The number of rotatable bonds is 4. The average Bonchev–Trinajstić information content (AvgIpc) is 2.46. The molecule has 0 saturated carbocycles. The zero-order chi connectivity index (χ0) is 17.9. The number of hydrogen-bond acceptors (Lipinski definition) is 2. The van der Waals surface area contributed by atoms with Gasteiger partial charge in [0.2, 0.25) is 0 Å². The third-order valence-corrected chi connectivity index (χ3v) is 3.78. The molecule has 0 aliphatic carbocycles. The predicted molar refractivity (Wildman–Crippen MR) is 103 cm³/mol. The van der Waals surface area contributed by atoms with Crippen molar-refractivity contribution in [1.29, 1.82) is 0 Å². The smallest absolute Gasteiger partial charge is 0.124 e. The van der Waals surface area contributed by atoms with Gasteiger partial charge in [0.25, 0.3) is 0 Å². The molecule has 0 atom stereocenters.